The van der Waals surface area contributed by atoms with E-state index in [9.17, 15) is 18.5 Å². The molecule has 1 aliphatic heterocycles. The molecule has 1 aromatic heterocycles. The zero-order valence-corrected chi connectivity index (χ0v) is 22.4. The van der Waals surface area contributed by atoms with Crippen LogP contribution in [0.3, 0.4) is 0 Å². The van der Waals surface area contributed by atoms with Gasteiger partial charge in [0.15, 0.2) is 0 Å². The number of nitrogens with zero attached hydrogens (tertiary/aromatic N) is 4. The van der Waals surface area contributed by atoms with Gasteiger partial charge in [-0.05, 0) is 35.9 Å². The van der Waals surface area contributed by atoms with Gasteiger partial charge in [0.1, 0.15) is 17.3 Å². The Morgan fingerprint density at radius 1 is 1.00 bits per heavy atom. The summed E-state index contributed by atoms with van der Waals surface area (Å²) in [5.41, 5.74) is 3.05. The molecule has 1 aliphatic rings. The third-order valence-corrected chi connectivity index (χ3v) is 8.33. The maximum absolute atomic E-state index is 13.3. The first-order chi connectivity index (χ1) is 19.5. The highest BCUT2D eigenvalue weighted by Crippen LogP contribution is 2.29. The smallest absolute Gasteiger partial charge is 0.262 e. The number of benzene rings is 3. The van der Waals surface area contributed by atoms with Crippen molar-refractivity contribution in [2.24, 2.45) is 0 Å². The molecule has 40 heavy (non-hydrogen) atoms. The summed E-state index contributed by atoms with van der Waals surface area (Å²) in [4.78, 5) is 13.0. The Morgan fingerprint density at radius 2 is 1.70 bits per heavy atom. The molecule has 1 N–H and O–H groups in total. The lowest BCUT2D eigenvalue weighted by molar-refractivity contribution is -0.117. The van der Waals surface area contributed by atoms with Crippen molar-refractivity contribution in [1.82, 2.24) is 19.4 Å². The summed E-state index contributed by atoms with van der Waals surface area (Å²) in [6, 6.07) is 27.3. The Morgan fingerprint density at radius 3 is 2.40 bits per heavy atom. The monoisotopic (exact) mass is 553 g/mol. The lowest BCUT2D eigenvalue weighted by Crippen LogP contribution is -2.40. The molecule has 0 bridgehead atoms. The zero-order chi connectivity index (χ0) is 28.0. The van der Waals surface area contributed by atoms with E-state index in [-0.39, 0.29) is 30.1 Å². The van der Waals surface area contributed by atoms with Crippen LogP contribution in [0.25, 0.3) is 23.0 Å². The Kier molecular flexibility index (Phi) is 8.17. The first-order valence-corrected chi connectivity index (χ1v) is 14.2. The SMILES string of the molecule is N#C/C(=C/c1cn(-c2ccccc2)nc1-c1cccc(S(=O)(=O)N2CCOCC2)c1)C(=O)NCc1ccccc1. The van der Waals surface area contributed by atoms with Crippen LogP contribution >= 0.6 is 0 Å². The van der Waals surface area contributed by atoms with Gasteiger partial charge in [0, 0.05) is 37.0 Å². The lowest BCUT2D eigenvalue weighted by atomic mass is 10.1. The zero-order valence-electron chi connectivity index (χ0n) is 21.6. The normalized spacial score (nSPS) is 14.4. The van der Waals surface area contributed by atoms with Gasteiger partial charge in [0.25, 0.3) is 5.91 Å². The second-order valence-electron chi connectivity index (χ2n) is 9.10. The van der Waals surface area contributed by atoms with Crippen LogP contribution in [0.2, 0.25) is 0 Å². The van der Waals surface area contributed by atoms with E-state index in [4.69, 9.17) is 9.84 Å². The highest BCUT2D eigenvalue weighted by molar-refractivity contribution is 7.89. The standard InChI is InChI=1S/C30H27N5O4S/c31-20-25(30(36)32-21-23-8-3-1-4-9-23)18-26-22-35(27-11-5-2-6-12-27)33-29(26)24-10-7-13-28(19-24)40(37,38)34-14-16-39-17-15-34/h1-13,18-19,22H,14-17,21H2,(H,32,36)/b25-18-. The quantitative estimate of drug-likeness (QED) is 0.262. The average molecular weight is 554 g/mol. The molecule has 0 aliphatic carbocycles. The van der Waals surface area contributed by atoms with Crippen molar-refractivity contribution < 1.29 is 17.9 Å². The van der Waals surface area contributed by atoms with E-state index >= 15 is 0 Å². The van der Waals surface area contributed by atoms with Crippen LogP contribution < -0.4 is 5.32 Å². The number of ether oxygens (including phenoxy) is 1. The van der Waals surface area contributed by atoms with Crippen molar-refractivity contribution >= 4 is 22.0 Å². The Bertz CT molecular complexity index is 1670. The van der Waals surface area contributed by atoms with Crippen molar-refractivity contribution in [2.75, 3.05) is 26.3 Å². The Hall–Kier alpha value is -4.56. The van der Waals surface area contributed by atoms with Crippen molar-refractivity contribution in [3.63, 3.8) is 0 Å². The third-order valence-electron chi connectivity index (χ3n) is 6.44. The van der Waals surface area contributed by atoms with Gasteiger partial charge in [-0.1, -0.05) is 60.7 Å². The number of morpholine rings is 1. The summed E-state index contributed by atoms with van der Waals surface area (Å²) in [5, 5.41) is 17.3. The largest absolute Gasteiger partial charge is 0.379 e. The van der Waals surface area contributed by atoms with Gasteiger partial charge in [0.2, 0.25) is 10.0 Å². The summed E-state index contributed by atoms with van der Waals surface area (Å²) in [6.07, 6.45) is 3.20. The number of hydrogen-bond donors (Lipinski definition) is 1. The molecule has 0 unspecified atom stereocenters. The topological polar surface area (TPSA) is 117 Å². The maximum Gasteiger partial charge on any atom is 0.262 e. The molecule has 10 heteroatoms. The molecule has 0 atom stereocenters. The number of carbonyl (C=O) groups is 1. The molecular weight excluding hydrogens is 526 g/mol. The second kappa shape index (κ2) is 12.1. The molecular formula is C30H27N5O4S. The van der Waals surface area contributed by atoms with Gasteiger partial charge >= 0.3 is 0 Å². The van der Waals surface area contributed by atoms with Gasteiger partial charge in [-0.2, -0.15) is 14.7 Å². The van der Waals surface area contributed by atoms with Crippen LogP contribution in [-0.4, -0.2) is 54.7 Å². The van der Waals surface area contributed by atoms with Crippen LogP contribution in [0.1, 0.15) is 11.1 Å². The van der Waals surface area contributed by atoms with Crippen LogP contribution in [0.4, 0.5) is 0 Å². The fraction of sp³-hybridized carbons (Fsp3) is 0.167. The minimum Gasteiger partial charge on any atom is -0.379 e. The van der Waals surface area contributed by atoms with Crippen LogP contribution in [0.15, 0.2) is 102 Å². The average Bonchev–Trinajstić information content (AvgIpc) is 3.44. The van der Waals surface area contributed by atoms with E-state index < -0.39 is 15.9 Å². The van der Waals surface area contributed by atoms with Crippen molar-refractivity contribution in [3.8, 4) is 23.0 Å². The summed E-state index contributed by atoms with van der Waals surface area (Å²) < 4.78 is 35.0. The summed E-state index contributed by atoms with van der Waals surface area (Å²) in [7, 11) is -3.74. The summed E-state index contributed by atoms with van der Waals surface area (Å²) >= 11 is 0. The fourth-order valence-corrected chi connectivity index (χ4v) is 5.80. The lowest BCUT2D eigenvalue weighted by Gasteiger charge is -2.26. The molecule has 1 fully saturated rings. The van der Waals surface area contributed by atoms with Gasteiger partial charge in [-0.3, -0.25) is 4.79 Å². The van der Waals surface area contributed by atoms with Crippen molar-refractivity contribution in [3.05, 3.63) is 108 Å². The number of nitriles is 1. The van der Waals surface area contributed by atoms with E-state index in [1.807, 2.05) is 66.7 Å². The third kappa shape index (κ3) is 6.02. The summed E-state index contributed by atoms with van der Waals surface area (Å²) in [6.45, 7) is 1.53. The molecule has 1 amide bonds. The number of hydrogen-bond acceptors (Lipinski definition) is 6. The second-order valence-corrected chi connectivity index (χ2v) is 11.0. The molecule has 9 nitrogen and oxygen atoms in total. The molecule has 2 heterocycles. The Balaban J connectivity index is 1.52. The summed E-state index contributed by atoms with van der Waals surface area (Å²) in [5.74, 6) is -0.520. The van der Waals surface area contributed by atoms with E-state index in [1.54, 1.807) is 35.1 Å². The number of amides is 1. The fourth-order valence-electron chi connectivity index (χ4n) is 4.35. The van der Waals surface area contributed by atoms with Crippen LogP contribution in [0.5, 0.6) is 0 Å². The number of rotatable bonds is 8. The number of carbonyl (C=O) groups excluding carboxylic acids is 1. The van der Waals surface area contributed by atoms with Crippen molar-refractivity contribution in [2.45, 2.75) is 11.4 Å². The number of sulfonamides is 1. The van der Waals surface area contributed by atoms with Crippen LogP contribution in [0, 0.1) is 11.3 Å². The van der Waals surface area contributed by atoms with E-state index in [0.717, 1.165) is 11.3 Å². The highest BCUT2D eigenvalue weighted by Gasteiger charge is 2.27. The predicted octanol–water partition coefficient (Wildman–Crippen LogP) is 3.78. The first kappa shape index (κ1) is 27.0. The van der Waals surface area contributed by atoms with Gasteiger partial charge in [-0.15, -0.1) is 0 Å². The molecule has 0 saturated carbocycles. The molecule has 3 aromatic carbocycles. The molecule has 202 valence electrons. The van der Waals surface area contributed by atoms with Crippen LogP contribution in [-0.2, 0) is 26.1 Å². The van der Waals surface area contributed by atoms with E-state index in [0.29, 0.717) is 30.0 Å². The minimum atomic E-state index is -3.74. The maximum atomic E-state index is 13.3. The first-order valence-electron chi connectivity index (χ1n) is 12.7. The number of para-hydroxylation sites is 1. The van der Waals surface area contributed by atoms with Gasteiger partial charge in [-0.25, -0.2) is 13.1 Å². The molecule has 5 rings (SSSR count). The number of aromatic nitrogens is 2. The Labute approximate surface area is 233 Å². The van der Waals surface area contributed by atoms with Gasteiger partial charge < -0.3 is 10.1 Å². The molecule has 0 spiro atoms. The minimum absolute atomic E-state index is 0.0955. The highest BCUT2D eigenvalue weighted by atomic mass is 32.2. The van der Waals surface area contributed by atoms with Crippen molar-refractivity contribution in [1.29, 1.82) is 5.26 Å². The molecule has 0 radical (unpaired) electrons. The molecule has 4 aromatic rings. The van der Waals surface area contributed by atoms with E-state index in [2.05, 4.69) is 5.32 Å². The molecule has 1 saturated heterocycles. The van der Waals surface area contributed by atoms with E-state index in [1.165, 1.54) is 10.4 Å². The van der Waals surface area contributed by atoms with Gasteiger partial charge in [0.05, 0.1) is 23.8 Å². The predicted molar refractivity (Wildman–Crippen MR) is 150 cm³/mol. The number of nitrogens with one attached hydrogen (secondary N) is 1.